The van der Waals surface area contributed by atoms with Crippen LogP contribution in [0.5, 0.6) is 5.75 Å². The quantitative estimate of drug-likeness (QED) is 0.431. The second-order valence-corrected chi connectivity index (χ2v) is 6.37. The number of carbonyl (C=O) groups excluding carboxylic acids is 2. The molecule has 0 aliphatic carbocycles. The van der Waals surface area contributed by atoms with Crippen LogP contribution in [-0.4, -0.2) is 41.9 Å². The largest absolute Gasteiger partial charge is 0.490 e. The Bertz CT molecular complexity index is 878. The molecule has 1 aliphatic rings. The Kier molecular flexibility index (Phi) is 5.88. The van der Waals surface area contributed by atoms with Crippen molar-refractivity contribution in [3.05, 3.63) is 69.8 Å². The first-order valence-electron chi connectivity index (χ1n) is 8.88. The highest BCUT2D eigenvalue weighted by atomic mass is 16.6. The number of methoxy groups -OCH3 is 1. The van der Waals surface area contributed by atoms with Gasteiger partial charge in [0.2, 0.25) is 6.10 Å². The number of likely N-dealkylation sites (tertiary alicyclic amines) is 1. The minimum Gasteiger partial charge on any atom is -0.490 e. The zero-order chi connectivity index (χ0) is 20.1. The van der Waals surface area contributed by atoms with E-state index in [0.717, 1.165) is 18.9 Å². The Labute approximate surface area is 161 Å². The summed E-state index contributed by atoms with van der Waals surface area (Å²) in [5.41, 5.74) is 0.178. The molecule has 146 valence electrons. The van der Waals surface area contributed by atoms with Crippen LogP contribution in [0.1, 0.15) is 34.9 Å². The molecule has 0 saturated carbocycles. The van der Waals surface area contributed by atoms with Crippen LogP contribution in [0.15, 0.2) is 48.5 Å². The number of nitrogens with zero attached hydrogens (tertiary/aromatic N) is 2. The number of rotatable bonds is 6. The SMILES string of the molecule is COc1ccc(C(=O)O[C@H](C(=O)N2CCCC2)c2ccccc2)cc1[N+](=O)[O-]. The molecule has 0 unspecified atom stereocenters. The number of amides is 1. The lowest BCUT2D eigenvalue weighted by Gasteiger charge is -2.23. The maximum atomic E-state index is 12.9. The zero-order valence-electron chi connectivity index (χ0n) is 15.4. The molecular formula is C20H20N2O6. The second-order valence-electron chi connectivity index (χ2n) is 6.37. The molecule has 3 rings (SSSR count). The number of nitro groups is 1. The van der Waals surface area contributed by atoms with E-state index in [1.54, 1.807) is 35.2 Å². The minimum atomic E-state index is -1.10. The Morgan fingerprint density at radius 3 is 2.39 bits per heavy atom. The summed E-state index contributed by atoms with van der Waals surface area (Å²) in [5, 5.41) is 11.2. The van der Waals surface area contributed by atoms with Crippen molar-refractivity contribution in [2.75, 3.05) is 20.2 Å². The van der Waals surface area contributed by atoms with Crippen molar-refractivity contribution in [1.82, 2.24) is 4.90 Å². The van der Waals surface area contributed by atoms with E-state index >= 15 is 0 Å². The van der Waals surface area contributed by atoms with Gasteiger partial charge in [-0.1, -0.05) is 30.3 Å². The fraction of sp³-hybridized carbons (Fsp3) is 0.300. The van der Waals surface area contributed by atoms with E-state index in [2.05, 4.69) is 0 Å². The number of ether oxygens (including phenoxy) is 2. The van der Waals surface area contributed by atoms with Crippen LogP contribution >= 0.6 is 0 Å². The minimum absolute atomic E-state index is 0.0253. The van der Waals surface area contributed by atoms with E-state index in [1.807, 2.05) is 0 Å². The molecule has 0 bridgehead atoms. The molecule has 0 aromatic heterocycles. The van der Waals surface area contributed by atoms with Crippen molar-refractivity contribution in [2.24, 2.45) is 0 Å². The summed E-state index contributed by atoms with van der Waals surface area (Å²) in [6, 6.07) is 12.5. The predicted octanol–water partition coefficient (Wildman–Crippen LogP) is 3.12. The summed E-state index contributed by atoms with van der Waals surface area (Å²) in [6.07, 6.45) is 0.713. The molecule has 1 fully saturated rings. The summed E-state index contributed by atoms with van der Waals surface area (Å²) in [5.74, 6) is -1.07. The molecule has 1 aliphatic heterocycles. The summed E-state index contributed by atoms with van der Waals surface area (Å²) in [4.78, 5) is 37.8. The van der Waals surface area contributed by atoms with Crippen LogP contribution in [0.25, 0.3) is 0 Å². The fourth-order valence-corrected chi connectivity index (χ4v) is 3.13. The highest BCUT2D eigenvalue weighted by Crippen LogP contribution is 2.29. The molecular weight excluding hydrogens is 364 g/mol. The topological polar surface area (TPSA) is 99.0 Å². The summed E-state index contributed by atoms with van der Waals surface area (Å²) >= 11 is 0. The standard InChI is InChI=1S/C20H20N2O6/c1-27-17-10-9-15(13-16(17)22(25)26)20(24)28-18(14-7-3-2-4-8-14)19(23)21-11-5-6-12-21/h2-4,7-10,13,18H,5-6,11-12H2,1H3/t18-/m0/s1. The van der Waals surface area contributed by atoms with Crippen LogP contribution in [0, 0.1) is 10.1 Å². The van der Waals surface area contributed by atoms with Crippen LogP contribution in [0.3, 0.4) is 0 Å². The van der Waals surface area contributed by atoms with Gasteiger partial charge in [0.1, 0.15) is 0 Å². The number of benzene rings is 2. The fourth-order valence-electron chi connectivity index (χ4n) is 3.13. The average Bonchev–Trinajstić information content (AvgIpc) is 3.26. The van der Waals surface area contributed by atoms with Gasteiger partial charge < -0.3 is 14.4 Å². The van der Waals surface area contributed by atoms with Gasteiger partial charge in [0.25, 0.3) is 5.91 Å². The molecule has 1 heterocycles. The Hall–Kier alpha value is -3.42. The zero-order valence-corrected chi connectivity index (χ0v) is 15.4. The Morgan fingerprint density at radius 2 is 1.79 bits per heavy atom. The number of hydrogen-bond acceptors (Lipinski definition) is 6. The average molecular weight is 384 g/mol. The van der Waals surface area contributed by atoms with E-state index in [4.69, 9.17) is 9.47 Å². The summed E-state index contributed by atoms with van der Waals surface area (Å²) in [6.45, 7) is 1.24. The molecule has 1 amide bonds. The monoisotopic (exact) mass is 384 g/mol. The van der Waals surface area contributed by atoms with Gasteiger partial charge in [-0.2, -0.15) is 0 Å². The van der Waals surface area contributed by atoms with Crippen LogP contribution in [0.2, 0.25) is 0 Å². The van der Waals surface area contributed by atoms with Crippen LogP contribution < -0.4 is 4.74 Å². The van der Waals surface area contributed by atoms with E-state index in [0.29, 0.717) is 18.7 Å². The normalized spacial score (nSPS) is 14.4. The molecule has 0 N–H and O–H groups in total. The first kappa shape index (κ1) is 19.3. The van der Waals surface area contributed by atoms with Gasteiger partial charge in [-0.15, -0.1) is 0 Å². The third kappa shape index (κ3) is 4.11. The van der Waals surface area contributed by atoms with E-state index in [1.165, 1.54) is 19.2 Å². The Balaban J connectivity index is 1.88. The number of hydrogen-bond donors (Lipinski definition) is 0. The molecule has 0 spiro atoms. The lowest BCUT2D eigenvalue weighted by atomic mass is 10.1. The van der Waals surface area contributed by atoms with Gasteiger partial charge in [0.15, 0.2) is 5.75 Å². The maximum absolute atomic E-state index is 12.9. The van der Waals surface area contributed by atoms with Crippen molar-refractivity contribution < 1.29 is 24.0 Å². The van der Waals surface area contributed by atoms with Gasteiger partial charge in [0, 0.05) is 24.7 Å². The Morgan fingerprint density at radius 1 is 1.11 bits per heavy atom. The van der Waals surface area contributed by atoms with Crippen LogP contribution in [-0.2, 0) is 9.53 Å². The molecule has 28 heavy (non-hydrogen) atoms. The lowest BCUT2D eigenvalue weighted by molar-refractivity contribution is -0.385. The number of carbonyl (C=O) groups is 2. The third-order valence-corrected chi connectivity index (χ3v) is 4.58. The van der Waals surface area contributed by atoms with Crippen molar-refractivity contribution >= 4 is 17.6 Å². The molecule has 8 nitrogen and oxygen atoms in total. The highest BCUT2D eigenvalue weighted by molar-refractivity contribution is 5.93. The van der Waals surface area contributed by atoms with Gasteiger partial charge in [-0.05, 0) is 25.0 Å². The molecule has 8 heteroatoms. The van der Waals surface area contributed by atoms with Gasteiger partial charge in [-0.25, -0.2) is 4.79 Å². The van der Waals surface area contributed by atoms with Gasteiger partial charge in [0.05, 0.1) is 17.6 Å². The molecule has 1 atom stereocenters. The first-order valence-corrected chi connectivity index (χ1v) is 8.88. The van der Waals surface area contributed by atoms with Crippen LogP contribution in [0.4, 0.5) is 5.69 Å². The van der Waals surface area contributed by atoms with E-state index < -0.39 is 17.0 Å². The summed E-state index contributed by atoms with van der Waals surface area (Å²) < 4.78 is 10.5. The lowest BCUT2D eigenvalue weighted by Crippen LogP contribution is -2.34. The van der Waals surface area contributed by atoms with E-state index in [-0.39, 0.29) is 22.9 Å². The molecule has 0 radical (unpaired) electrons. The maximum Gasteiger partial charge on any atom is 0.339 e. The predicted molar refractivity (Wildman–Crippen MR) is 100 cm³/mol. The van der Waals surface area contributed by atoms with Crippen molar-refractivity contribution in [1.29, 1.82) is 0 Å². The molecule has 2 aromatic carbocycles. The van der Waals surface area contributed by atoms with Gasteiger partial charge >= 0.3 is 11.7 Å². The van der Waals surface area contributed by atoms with Crippen molar-refractivity contribution in [3.8, 4) is 5.75 Å². The molecule has 2 aromatic rings. The molecule has 1 saturated heterocycles. The first-order chi connectivity index (χ1) is 13.5. The van der Waals surface area contributed by atoms with Crippen molar-refractivity contribution in [3.63, 3.8) is 0 Å². The third-order valence-electron chi connectivity index (χ3n) is 4.58. The van der Waals surface area contributed by atoms with Crippen molar-refractivity contribution in [2.45, 2.75) is 18.9 Å². The number of nitro benzene ring substituents is 1. The van der Waals surface area contributed by atoms with E-state index in [9.17, 15) is 19.7 Å². The summed E-state index contributed by atoms with van der Waals surface area (Å²) in [7, 11) is 1.31. The highest BCUT2D eigenvalue weighted by Gasteiger charge is 2.31. The van der Waals surface area contributed by atoms with Gasteiger partial charge in [-0.3, -0.25) is 14.9 Å². The second kappa shape index (κ2) is 8.51. The number of esters is 1. The smallest absolute Gasteiger partial charge is 0.339 e.